The van der Waals surface area contributed by atoms with E-state index in [9.17, 15) is 19.5 Å². The van der Waals surface area contributed by atoms with E-state index < -0.39 is 62.2 Å². The summed E-state index contributed by atoms with van der Waals surface area (Å²) in [4.78, 5) is 53.6. The van der Waals surface area contributed by atoms with Crippen LogP contribution in [-0.2, 0) is 33.9 Å². The summed E-state index contributed by atoms with van der Waals surface area (Å²) in [6.07, 6.45) is -3.62. The molecule has 2 unspecified atom stereocenters. The highest BCUT2D eigenvalue weighted by molar-refractivity contribution is 9.10. The molecule has 5 rings (SSSR count). The van der Waals surface area contributed by atoms with Gasteiger partial charge in [0.2, 0.25) is 0 Å². The van der Waals surface area contributed by atoms with Crippen LogP contribution in [0.4, 0.5) is 0 Å². The third kappa shape index (κ3) is 9.61. The highest BCUT2D eigenvalue weighted by Crippen LogP contribution is 2.43. The summed E-state index contributed by atoms with van der Waals surface area (Å²) >= 11 is 3.14. The first kappa shape index (κ1) is 39.7. The standard InChI is InChI=1S/C34H35BrN2O10.H3O3P/c1-4-44-28(38)20-45-30-29(39)27(47-32(30)37-18-26(35)31(40)36-33(37)41)19-46-34(21-8-6-5-7-9-21,22-10-14-24(42-2)15-11-22)23-12-16-25(43-3)17-13-23;1-4(2)3/h5-18,27,29-30,32,39H,4,19-20H2,1-3H3,(H,36,40,41);4H,(H2,1,2,3)/t27-,29?,30?,32-;/m0./s1. The number of methoxy groups -OCH3 is 2. The van der Waals surface area contributed by atoms with Crippen molar-refractivity contribution >= 4 is 30.2 Å². The van der Waals surface area contributed by atoms with E-state index in [1.165, 1.54) is 6.20 Å². The maximum absolute atomic E-state index is 12.9. The van der Waals surface area contributed by atoms with Gasteiger partial charge in [-0.15, -0.1) is 0 Å². The molecule has 1 fully saturated rings. The Kier molecular flexibility index (Phi) is 14.3. The zero-order valence-electron chi connectivity index (χ0n) is 27.8. The number of aromatic nitrogens is 2. The van der Waals surface area contributed by atoms with Crippen LogP contribution in [0.3, 0.4) is 0 Å². The lowest BCUT2D eigenvalue weighted by Gasteiger charge is -2.37. The Hall–Kier alpha value is -4.12. The molecule has 15 nitrogen and oxygen atoms in total. The number of H-pyrrole nitrogens is 1. The number of ether oxygens (including phenoxy) is 6. The molecule has 4 atom stereocenters. The summed E-state index contributed by atoms with van der Waals surface area (Å²) < 4.78 is 44.6. The van der Waals surface area contributed by atoms with Crippen LogP contribution in [0.25, 0.3) is 0 Å². The van der Waals surface area contributed by atoms with E-state index in [1.807, 2.05) is 78.9 Å². The first-order chi connectivity index (χ1) is 24.4. The summed E-state index contributed by atoms with van der Waals surface area (Å²) in [5.74, 6) is 0.652. The topological polar surface area (TPSA) is 205 Å². The molecule has 51 heavy (non-hydrogen) atoms. The Balaban J connectivity index is 0.00000138. The molecule has 3 aromatic carbocycles. The molecule has 0 radical (unpaired) electrons. The molecule has 0 aliphatic carbocycles. The lowest BCUT2D eigenvalue weighted by atomic mass is 9.80. The zero-order valence-corrected chi connectivity index (χ0v) is 30.3. The van der Waals surface area contributed by atoms with Gasteiger partial charge in [-0.25, -0.2) is 9.59 Å². The van der Waals surface area contributed by atoms with Crippen LogP contribution < -0.4 is 20.7 Å². The molecule has 1 aliphatic heterocycles. The van der Waals surface area contributed by atoms with Gasteiger partial charge in [0.15, 0.2) is 6.23 Å². The van der Waals surface area contributed by atoms with Gasteiger partial charge in [-0.1, -0.05) is 54.6 Å². The molecule has 4 aromatic rings. The predicted octanol–water partition coefficient (Wildman–Crippen LogP) is 2.89. The van der Waals surface area contributed by atoms with Crippen LogP contribution >= 0.6 is 24.2 Å². The third-order valence-electron chi connectivity index (χ3n) is 7.85. The van der Waals surface area contributed by atoms with Crippen LogP contribution in [0.15, 0.2) is 99.1 Å². The fourth-order valence-electron chi connectivity index (χ4n) is 5.56. The Morgan fingerprint density at radius 2 is 1.47 bits per heavy atom. The van der Waals surface area contributed by atoms with E-state index in [1.54, 1.807) is 21.1 Å². The average molecular weight is 794 g/mol. The van der Waals surface area contributed by atoms with Crippen LogP contribution in [0.2, 0.25) is 0 Å². The second kappa shape index (κ2) is 18.4. The average Bonchev–Trinajstić information content (AvgIpc) is 3.44. The monoisotopic (exact) mass is 792 g/mol. The molecular weight excluding hydrogens is 755 g/mol. The number of aromatic amines is 1. The maximum Gasteiger partial charge on any atom is 0.332 e. The number of halogens is 1. The Bertz CT molecular complexity index is 1820. The summed E-state index contributed by atoms with van der Waals surface area (Å²) in [6, 6.07) is 24.5. The zero-order chi connectivity index (χ0) is 37.1. The van der Waals surface area contributed by atoms with Gasteiger partial charge >= 0.3 is 19.9 Å². The number of hydrogen-bond acceptors (Lipinski definition) is 11. The van der Waals surface area contributed by atoms with Crippen LogP contribution in [0, 0.1) is 0 Å². The van der Waals surface area contributed by atoms with Crippen LogP contribution in [0.5, 0.6) is 11.5 Å². The van der Waals surface area contributed by atoms with Crippen LogP contribution in [0.1, 0.15) is 29.8 Å². The lowest BCUT2D eigenvalue weighted by molar-refractivity contribution is -0.155. The predicted molar refractivity (Wildman–Crippen MR) is 187 cm³/mol. The maximum atomic E-state index is 12.9. The molecule has 0 spiro atoms. The number of nitrogens with one attached hydrogen (secondary N) is 1. The molecule has 274 valence electrons. The second-order valence-electron chi connectivity index (χ2n) is 10.9. The quantitative estimate of drug-likeness (QED) is 0.0875. The molecule has 1 saturated heterocycles. The smallest absolute Gasteiger partial charge is 0.332 e. The first-order valence-electron chi connectivity index (χ1n) is 15.5. The van der Waals surface area contributed by atoms with Crippen molar-refractivity contribution in [1.82, 2.24) is 9.55 Å². The highest BCUT2D eigenvalue weighted by Gasteiger charge is 2.48. The van der Waals surface area contributed by atoms with Crippen molar-refractivity contribution in [3.63, 3.8) is 0 Å². The van der Waals surface area contributed by atoms with E-state index in [2.05, 4.69) is 20.9 Å². The van der Waals surface area contributed by atoms with Gasteiger partial charge in [0.1, 0.15) is 42.0 Å². The van der Waals surface area contributed by atoms with Gasteiger partial charge in [-0.3, -0.25) is 18.9 Å². The SMILES string of the molecule is CCOC(=O)COC1C(O)[C@H](COC(c2ccccc2)(c2ccc(OC)cc2)c2ccc(OC)cc2)O[C@@H]1n1cc(Br)c(=O)[nH]c1=O.O=[PH](O)O. The number of rotatable bonds is 13. The number of benzene rings is 3. The van der Waals surface area contributed by atoms with Gasteiger partial charge in [-0.05, 0) is 63.8 Å². The number of carbonyl (C=O) groups is 1. The van der Waals surface area contributed by atoms with E-state index in [0.29, 0.717) is 11.5 Å². The number of aliphatic hydroxyl groups excluding tert-OH is 1. The van der Waals surface area contributed by atoms with E-state index in [-0.39, 0.29) is 17.7 Å². The normalized spacial score (nSPS) is 18.5. The van der Waals surface area contributed by atoms with Gasteiger partial charge in [0.05, 0.1) is 31.9 Å². The van der Waals surface area contributed by atoms with Crippen molar-refractivity contribution < 1.29 is 52.7 Å². The minimum Gasteiger partial charge on any atom is -0.497 e. The van der Waals surface area contributed by atoms with E-state index in [4.69, 9.17) is 42.8 Å². The molecule has 2 heterocycles. The third-order valence-corrected chi connectivity index (χ3v) is 8.41. The van der Waals surface area contributed by atoms with Gasteiger partial charge < -0.3 is 43.3 Å². The summed E-state index contributed by atoms with van der Waals surface area (Å²) in [7, 11) is 0.0397. The molecular formula is C34H38BrN2O13P. The summed E-state index contributed by atoms with van der Waals surface area (Å²) in [5, 5.41) is 11.6. The summed E-state index contributed by atoms with van der Waals surface area (Å²) in [5.41, 5.74) is -0.350. The van der Waals surface area contributed by atoms with Crippen molar-refractivity contribution in [2.45, 2.75) is 37.1 Å². The largest absolute Gasteiger partial charge is 0.497 e. The van der Waals surface area contributed by atoms with E-state index >= 15 is 0 Å². The van der Waals surface area contributed by atoms with E-state index in [0.717, 1.165) is 21.3 Å². The fraction of sp³-hybridized carbons (Fsp3) is 0.324. The second-order valence-corrected chi connectivity index (χ2v) is 12.3. The van der Waals surface area contributed by atoms with Crippen LogP contribution in [-0.4, -0.2) is 82.8 Å². The first-order valence-corrected chi connectivity index (χ1v) is 17.6. The molecule has 17 heteroatoms. The Labute approximate surface area is 301 Å². The molecule has 4 N–H and O–H groups in total. The fourth-order valence-corrected chi connectivity index (χ4v) is 5.88. The van der Waals surface area contributed by atoms with Gasteiger partial charge in [-0.2, -0.15) is 0 Å². The van der Waals surface area contributed by atoms with Crippen molar-refractivity contribution in [3.05, 3.63) is 127 Å². The van der Waals surface area contributed by atoms with Crippen molar-refractivity contribution in [3.8, 4) is 11.5 Å². The lowest BCUT2D eigenvalue weighted by Crippen LogP contribution is -2.41. The van der Waals surface area contributed by atoms with Gasteiger partial charge in [0, 0.05) is 6.20 Å². The van der Waals surface area contributed by atoms with Gasteiger partial charge in [0.25, 0.3) is 5.56 Å². The molecule has 1 aromatic heterocycles. The number of nitrogens with zero attached hydrogens (tertiary/aromatic N) is 1. The van der Waals surface area contributed by atoms with Crippen molar-refractivity contribution in [2.75, 3.05) is 34.0 Å². The Morgan fingerprint density at radius 1 is 0.941 bits per heavy atom. The number of esters is 1. The van der Waals surface area contributed by atoms with Crippen molar-refractivity contribution in [1.29, 1.82) is 0 Å². The Morgan fingerprint density at radius 3 is 1.98 bits per heavy atom. The molecule has 0 saturated carbocycles. The van der Waals surface area contributed by atoms with Crippen molar-refractivity contribution in [2.24, 2.45) is 0 Å². The summed E-state index contributed by atoms with van der Waals surface area (Å²) in [6.45, 7) is 1.09. The minimum absolute atomic E-state index is 0.0566. The minimum atomic E-state index is -3.13. The number of carbonyl (C=O) groups excluding carboxylic acids is 1. The number of hydrogen-bond donors (Lipinski definition) is 4. The number of aliphatic hydroxyl groups is 1. The molecule has 0 bridgehead atoms. The molecule has 0 amide bonds. The molecule has 1 aliphatic rings. The highest BCUT2D eigenvalue weighted by atomic mass is 79.9.